The normalized spacial score (nSPS) is 25.4. The van der Waals surface area contributed by atoms with Crippen LogP contribution in [-0.4, -0.2) is 29.8 Å². The molecule has 0 saturated heterocycles. The molecule has 5 heteroatoms. The van der Waals surface area contributed by atoms with Gasteiger partial charge in [-0.2, -0.15) is 4.98 Å². The van der Waals surface area contributed by atoms with Crippen LogP contribution in [0.3, 0.4) is 0 Å². The van der Waals surface area contributed by atoms with Crippen LogP contribution in [0, 0.1) is 0 Å². The van der Waals surface area contributed by atoms with Crippen molar-refractivity contribution in [2.75, 3.05) is 13.7 Å². The maximum Gasteiger partial charge on any atom is 0.229 e. The Kier molecular flexibility index (Phi) is 5.34. The number of hydrogen-bond donors (Lipinski definition) is 1. The molecule has 0 spiro atoms. The molecule has 1 heterocycles. The molecule has 0 aromatic carbocycles. The topological polar surface area (TPSA) is 60.2 Å². The SMILES string of the molecule is CCOC(CC)c1noc(C2CCC(NC)CC2)n1. The number of hydrogen-bond acceptors (Lipinski definition) is 5. The van der Waals surface area contributed by atoms with Gasteiger partial charge in [0.15, 0.2) is 0 Å². The first-order chi connectivity index (χ1) is 9.28. The van der Waals surface area contributed by atoms with E-state index in [0.29, 0.717) is 24.4 Å². The lowest BCUT2D eigenvalue weighted by Crippen LogP contribution is -2.29. The van der Waals surface area contributed by atoms with Crippen molar-refractivity contribution in [2.45, 2.75) is 64.0 Å². The lowest BCUT2D eigenvalue weighted by atomic mass is 9.86. The number of aromatic nitrogens is 2. The van der Waals surface area contributed by atoms with Gasteiger partial charge in [-0.05, 0) is 46.1 Å². The van der Waals surface area contributed by atoms with Crippen LogP contribution in [0.2, 0.25) is 0 Å². The van der Waals surface area contributed by atoms with Crippen molar-refractivity contribution >= 4 is 0 Å². The molecule has 19 heavy (non-hydrogen) atoms. The molecule has 1 aliphatic carbocycles. The van der Waals surface area contributed by atoms with Crippen LogP contribution in [0.15, 0.2) is 4.52 Å². The lowest BCUT2D eigenvalue weighted by Gasteiger charge is -2.25. The fraction of sp³-hybridized carbons (Fsp3) is 0.857. The molecule has 1 aliphatic rings. The summed E-state index contributed by atoms with van der Waals surface area (Å²) in [6.45, 7) is 4.74. The zero-order valence-electron chi connectivity index (χ0n) is 12.2. The van der Waals surface area contributed by atoms with E-state index < -0.39 is 0 Å². The third kappa shape index (κ3) is 3.54. The minimum atomic E-state index is -0.0313. The highest BCUT2D eigenvalue weighted by Gasteiger charge is 2.27. The molecule has 1 unspecified atom stereocenters. The van der Waals surface area contributed by atoms with Crippen molar-refractivity contribution in [1.29, 1.82) is 0 Å². The van der Waals surface area contributed by atoms with E-state index in [0.717, 1.165) is 25.2 Å². The fourth-order valence-electron chi connectivity index (χ4n) is 2.75. The molecule has 0 aliphatic heterocycles. The molecule has 1 aromatic heterocycles. The average Bonchev–Trinajstić information content (AvgIpc) is 2.94. The van der Waals surface area contributed by atoms with Gasteiger partial charge in [-0.3, -0.25) is 0 Å². The molecule has 1 aromatic rings. The maximum absolute atomic E-state index is 5.62. The van der Waals surface area contributed by atoms with Gasteiger partial charge in [-0.15, -0.1) is 0 Å². The van der Waals surface area contributed by atoms with Gasteiger partial charge in [0.2, 0.25) is 11.7 Å². The second-order valence-electron chi connectivity index (χ2n) is 5.18. The van der Waals surface area contributed by atoms with Crippen molar-refractivity contribution in [3.05, 3.63) is 11.7 Å². The molecule has 108 valence electrons. The fourth-order valence-corrected chi connectivity index (χ4v) is 2.75. The Balaban J connectivity index is 1.97. The van der Waals surface area contributed by atoms with Crippen LogP contribution in [0.5, 0.6) is 0 Å². The number of ether oxygens (including phenoxy) is 1. The number of nitrogens with zero attached hydrogens (tertiary/aromatic N) is 2. The van der Waals surface area contributed by atoms with E-state index in [-0.39, 0.29) is 6.10 Å². The van der Waals surface area contributed by atoms with E-state index in [2.05, 4.69) is 22.4 Å². The number of rotatable bonds is 6. The van der Waals surface area contributed by atoms with E-state index in [4.69, 9.17) is 9.26 Å². The molecule has 0 amide bonds. The monoisotopic (exact) mass is 267 g/mol. The quantitative estimate of drug-likeness (QED) is 0.858. The highest BCUT2D eigenvalue weighted by atomic mass is 16.5. The van der Waals surface area contributed by atoms with Gasteiger partial charge in [-0.25, -0.2) is 0 Å². The summed E-state index contributed by atoms with van der Waals surface area (Å²) in [6, 6.07) is 0.644. The van der Waals surface area contributed by atoms with E-state index in [1.54, 1.807) is 0 Å². The van der Waals surface area contributed by atoms with Gasteiger partial charge < -0.3 is 14.6 Å². The van der Waals surface area contributed by atoms with E-state index in [9.17, 15) is 0 Å². The van der Waals surface area contributed by atoms with E-state index >= 15 is 0 Å². The first kappa shape index (κ1) is 14.5. The Hall–Kier alpha value is -0.940. The number of nitrogens with one attached hydrogen (secondary N) is 1. The lowest BCUT2D eigenvalue weighted by molar-refractivity contribution is 0.0518. The summed E-state index contributed by atoms with van der Waals surface area (Å²) >= 11 is 0. The van der Waals surface area contributed by atoms with Crippen LogP contribution in [-0.2, 0) is 4.74 Å². The van der Waals surface area contributed by atoms with Crippen molar-refractivity contribution in [3.8, 4) is 0 Å². The Morgan fingerprint density at radius 2 is 2.05 bits per heavy atom. The molecule has 0 bridgehead atoms. The van der Waals surface area contributed by atoms with Gasteiger partial charge >= 0.3 is 0 Å². The molecule has 1 atom stereocenters. The predicted molar refractivity (Wildman–Crippen MR) is 73.0 cm³/mol. The molecular formula is C14H25N3O2. The minimum absolute atomic E-state index is 0.0313. The van der Waals surface area contributed by atoms with Gasteiger partial charge in [-0.1, -0.05) is 12.1 Å². The average molecular weight is 267 g/mol. The summed E-state index contributed by atoms with van der Waals surface area (Å²) < 4.78 is 11.1. The van der Waals surface area contributed by atoms with Crippen LogP contribution in [0.1, 0.15) is 69.7 Å². The smallest absolute Gasteiger partial charge is 0.229 e. The van der Waals surface area contributed by atoms with E-state index in [1.165, 1.54) is 12.8 Å². The summed E-state index contributed by atoms with van der Waals surface area (Å²) in [5, 5.41) is 7.43. The summed E-state index contributed by atoms with van der Waals surface area (Å²) in [4.78, 5) is 4.55. The van der Waals surface area contributed by atoms with Gasteiger partial charge in [0.1, 0.15) is 6.10 Å². The second kappa shape index (κ2) is 7.01. The second-order valence-corrected chi connectivity index (χ2v) is 5.18. The molecule has 1 fully saturated rings. The van der Waals surface area contributed by atoms with Crippen molar-refractivity contribution in [3.63, 3.8) is 0 Å². The Morgan fingerprint density at radius 3 is 2.63 bits per heavy atom. The summed E-state index contributed by atoms with van der Waals surface area (Å²) in [5.74, 6) is 1.92. The predicted octanol–water partition coefficient (Wildman–Crippen LogP) is 2.80. The molecule has 0 radical (unpaired) electrons. The van der Waals surface area contributed by atoms with Crippen LogP contribution in [0.4, 0.5) is 0 Å². The molecule has 1 saturated carbocycles. The van der Waals surface area contributed by atoms with Gasteiger partial charge in [0, 0.05) is 18.6 Å². The summed E-state index contributed by atoms with van der Waals surface area (Å²) in [7, 11) is 2.03. The third-order valence-corrected chi connectivity index (χ3v) is 3.97. The van der Waals surface area contributed by atoms with Gasteiger partial charge in [0.25, 0.3) is 0 Å². The largest absolute Gasteiger partial charge is 0.370 e. The standard InChI is InChI=1S/C14H25N3O2/c1-4-12(18-5-2)13-16-14(19-17-13)10-6-8-11(15-3)9-7-10/h10-12,15H,4-9H2,1-3H3. The Bertz CT molecular complexity index is 373. The van der Waals surface area contributed by atoms with Crippen molar-refractivity contribution in [2.24, 2.45) is 0 Å². The molecular weight excluding hydrogens is 242 g/mol. The minimum Gasteiger partial charge on any atom is -0.370 e. The van der Waals surface area contributed by atoms with E-state index in [1.807, 2.05) is 14.0 Å². The Morgan fingerprint density at radius 1 is 1.32 bits per heavy atom. The highest BCUT2D eigenvalue weighted by molar-refractivity contribution is 4.99. The maximum atomic E-state index is 5.62. The van der Waals surface area contributed by atoms with Crippen LogP contribution in [0.25, 0.3) is 0 Å². The molecule has 2 rings (SSSR count). The van der Waals surface area contributed by atoms with Crippen LogP contribution >= 0.6 is 0 Å². The summed E-state index contributed by atoms with van der Waals surface area (Å²) in [6.07, 6.45) is 5.45. The third-order valence-electron chi connectivity index (χ3n) is 3.97. The Labute approximate surface area is 115 Å². The highest BCUT2D eigenvalue weighted by Crippen LogP contribution is 2.32. The van der Waals surface area contributed by atoms with Crippen molar-refractivity contribution in [1.82, 2.24) is 15.5 Å². The molecule has 5 nitrogen and oxygen atoms in total. The van der Waals surface area contributed by atoms with Crippen LogP contribution < -0.4 is 5.32 Å². The zero-order chi connectivity index (χ0) is 13.7. The first-order valence-corrected chi connectivity index (χ1v) is 7.40. The van der Waals surface area contributed by atoms with Gasteiger partial charge in [0.05, 0.1) is 0 Å². The molecule has 1 N–H and O–H groups in total. The zero-order valence-corrected chi connectivity index (χ0v) is 12.2. The summed E-state index contributed by atoms with van der Waals surface area (Å²) in [5.41, 5.74) is 0. The first-order valence-electron chi connectivity index (χ1n) is 7.40. The van der Waals surface area contributed by atoms with Crippen molar-refractivity contribution < 1.29 is 9.26 Å².